The third-order valence-corrected chi connectivity index (χ3v) is 3.93. The smallest absolute Gasteiger partial charge is 0.216 e. The van der Waals surface area contributed by atoms with Crippen molar-refractivity contribution >= 4 is 18.4 Å². The van der Waals surface area contributed by atoms with Crippen molar-refractivity contribution in [2.24, 2.45) is 5.10 Å². The van der Waals surface area contributed by atoms with Crippen LogP contribution in [0.25, 0.3) is 0 Å². The normalized spacial score (nSPS) is 14.2. The van der Waals surface area contributed by atoms with E-state index in [1.54, 1.807) is 38.3 Å². The van der Waals surface area contributed by atoms with Gasteiger partial charge in [-0.1, -0.05) is 0 Å². The molecular formula is C15H18N4O3S. The lowest BCUT2D eigenvalue weighted by molar-refractivity contribution is 0.349. The molecule has 122 valence electrons. The average Bonchev–Trinajstić information content (AvgIpc) is 3.35. The van der Waals surface area contributed by atoms with Crippen LogP contribution in [0.1, 0.15) is 30.1 Å². The lowest BCUT2D eigenvalue weighted by atomic mass is 10.2. The van der Waals surface area contributed by atoms with Crippen LogP contribution in [0.4, 0.5) is 0 Å². The zero-order chi connectivity index (χ0) is 16.4. The Kier molecular flexibility index (Phi) is 4.33. The monoisotopic (exact) mass is 334 g/mol. The largest absolute Gasteiger partial charge is 0.496 e. The number of aromatic amines is 1. The van der Waals surface area contributed by atoms with Crippen LogP contribution in [0.2, 0.25) is 0 Å². The van der Waals surface area contributed by atoms with E-state index < -0.39 is 0 Å². The summed E-state index contributed by atoms with van der Waals surface area (Å²) in [6.45, 7) is 0. The molecule has 1 aromatic heterocycles. The third-order valence-electron chi connectivity index (χ3n) is 3.67. The fourth-order valence-electron chi connectivity index (χ4n) is 2.29. The second-order valence-electron chi connectivity index (χ2n) is 5.17. The highest BCUT2D eigenvalue weighted by Crippen LogP contribution is 2.39. The number of nitrogens with zero attached hydrogens (tertiary/aromatic N) is 3. The maximum atomic E-state index is 5.39. The third kappa shape index (κ3) is 3.07. The summed E-state index contributed by atoms with van der Waals surface area (Å²) < 4.78 is 18.1. The van der Waals surface area contributed by atoms with Gasteiger partial charge >= 0.3 is 0 Å². The van der Waals surface area contributed by atoms with Crippen LogP contribution >= 0.6 is 12.2 Å². The minimum atomic E-state index is 0.437. The predicted molar refractivity (Wildman–Crippen MR) is 88.5 cm³/mol. The molecule has 1 aliphatic carbocycles. The van der Waals surface area contributed by atoms with Crippen molar-refractivity contribution < 1.29 is 14.2 Å². The summed E-state index contributed by atoms with van der Waals surface area (Å²) in [6.07, 6.45) is 3.92. The molecule has 7 nitrogen and oxygen atoms in total. The summed E-state index contributed by atoms with van der Waals surface area (Å²) in [5.74, 6) is 3.14. The van der Waals surface area contributed by atoms with Crippen LogP contribution < -0.4 is 14.2 Å². The van der Waals surface area contributed by atoms with Gasteiger partial charge in [-0.2, -0.15) is 14.9 Å². The molecule has 1 aromatic carbocycles. The Morgan fingerprint density at radius 2 is 1.83 bits per heavy atom. The molecule has 1 N–H and O–H groups in total. The van der Waals surface area contributed by atoms with Gasteiger partial charge in [0.2, 0.25) is 4.77 Å². The Labute approximate surface area is 138 Å². The van der Waals surface area contributed by atoms with Crippen molar-refractivity contribution in [2.75, 3.05) is 21.3 Å². The minimum absolute atomic E-state index is 0.437. The van der Waals surface area contributed by atoms with Crippen molar-refractivity contribution in [2.45, 2.75) is 18.8 Å². The first-order valence-corrected chi connectivity index (χ1v) is 7.60. The van der Waals surface area contributed by atoms with E-state index in [0.29, 0.717) is 27.9 Å². The molecule has 3 rings (SSSR count). The van der Waals surface area contributed by atoms with Crippen LogP contribution in [0.5, 0.6) is 17.2 Å². The number of nitrogens with one attached hydrogen (secondary N) is 1. The molecule has 0 radical (unpaired) electrons. The van der Waals surface area contributed by atoms with Crippen LogP contribution in [-0.2, 0) is 0 Å². The number of ether oxygens (including phenoxy) is 3. The van der Waals surface area contributed by atoms with Gasteiger partial charge in [-0.05, 0) is 31.1 Å². The molecule has 1 fully saturated rings. The summed E-state index contributed by atoms with van der Waals surface area (Å²) in [4.78, 5) is 0. The van der Waals surface area contributed by atoms with Crippen molar-refractivity contribution in [3.8, 4) is 17.2 Å². The van der Waals surface area contributed by atoms with Crippen molar-refractivity contribution in [1.82, 2.24) is 14.9 Å². The molecule has 0 spiro atoms. The molecule has 0 saturated heterocycles. The van der Waals surface area contributed by atoms with E-state index in [9.17, 15) is 0 Å². The van der Waals surface area contributed by atoms with Crippen LogP contribution in [0.3, 0.4) is 0 Å². The molecule has 0 atom stereocenters. The van der Waals surface area contributed by atoms with Crippen LogP contribution in [0.15, 0.2) is 17.2 Å². The van der Waals surface area contributed by atoms with Crippen LogP contribution in [-0.4, -0.2) is 42.4 Å². The Bertz CT molecular complexity index is 793. The molecule has 0 aliphatic heterocycles. The molecule has 1 saturated carbocycles. The molecule has 1 aliphatic rings. The first-order valence-electron chi connectivity index (χ1n) is 7.19. The van der Waals surface area contributed by atoms with Gasteiger partial charge in [0.25, 0.3) is 0 Å². The molecule has 2 aromatic rings. The first-order chi connectivity index (χ1) is 11.2. The van der Waals surface area contributed by atoms with Gasteiger partial charge in [-0.15, -0.1) is 0 Å². The predicted octanol–water partition coefficient (Wildman–Crippen LogP) is 2.73. The van der Waals surface area contributed by atoms with E-state index in [-0.39, 0.29) is 0 Å². The Balaban J connectivity index is 1.99. The van der Waals surface area contributed by atoms with Crippen LogP contribution in [0, 0.1) is 4.77 Å². The molecule has 0 amide bonds. The minimum Gasteiger partial charge on any atom is -0.496 e. The molecule has 23 heavy (non-hydrogen) atoms. The number of methoxy groups -OCH3 is 3. The van der Waals surface area contributed by atoms with E-state index in [4.69, 9.17) is 26.4 Å². The number of hydrogen-bond acceptors (Lipinski definition) is 6. The molecule has 8 heteroatoms. The summed E-state index contributed by atoms with van der Waals surface area (Å²) in [5, 5.41) is 11.5. The summed E-state index contributed by atoms with van der Waals surface area (Å²) in [7, 11) is 4.76. The maximum absolute atomic E-state index is 5.39. The number of benzene rings is 1. The Morgan fingerprint density at radius 1 is 1.17 bits per heavy atom. The molecule has 1 heterocycles. The highest BCUT2D eigenvalue weighted by molar-refractivity contribution is 7.71. The van der Waals surface area contributed by atoms with Gasteiger partial charge < -0.3 is 14.2 Å². The van der Waals surface area contributed by atoms with Gasteiger partial charge in [0.05, 0.1) is 27.5 Å². The quantitative estimate of drug-likeness (QED) is 0.649. The number of H-pyrrole nitrogens is 1. The number of hydrogen-bond donors (Lipinski definition) is 1. The van der Waals surface area contributed by atoms with Gasteiger partial charge in [0, 0.05) is 17.5 Å². The van der Waals surface area contributed by atoms with Crippen molar-refractivity contribution in [3.63, 3.8) is 0 Å². The van der Waals surface area contributed by atoms with E-state index in [2.05, 4.69) is 15.3 Å². The second-order valence-corrected chi connectivity index (χ2v) is 5.55. The number of aromatic nitrogens is 3. The summed E-state index contributed by atoms with van der Waals surface area (Å²) in [5.41, 5.74) is 0.759. The maximum Gasteiger partial charge on any atom is 0.216 e. The van der Waals surface area contributed by atoms with Gasteiger partial charge in [0.1, 0.15) is 5.75 Å². The van der Waals surface area contributed by atoms with Crippen molar-refractivity contribution in [1.29, 1.82) is 0 Å². The Morgan fingerprint density at radius 3 is 2.43 bits per heavy atom. The average molecular weight is 334 g/mol. The zero-order valence-corrected chi connectivity index (χ0v) is 14.0. The molecule has 0 unspecified atom stereocenters. The van der Waals surface area contributed by atoms with Gasteiger partial charge in [-0.3, -0.25) is 5.10 Å². The fourth-order valence-corrected chi connectivity index (χ4v) is 2.48. The second kappa shape index (κ2) is 6.41. The lowest BCUT2D eigenvalue weighted by Crippen LogP contribution is -2.00. The summed E-state index contributed by atoms with van der Waals surface area (Å²) >= 11 is 5.24. The lowest BCUT2D eigenvalue weighted by Gasteiger charge is -2.11. The van der Waals surface area contributed by atoms with E-state index in [1.165, 1.54) is 0 Å². The highest BCUT2D eigenvalue weighted by Gasteiger charge is 2.29. The fraction of sp³-hybridized carbons (Fsp3) is 0.400. The summed E-state index contributed by atoms with van der Waals surface area (Å²) in [6, 6.07) is 3.57. The zero-order valence-electron chi connectivity index (χ0n) is 13.2. The Hall–Kier alpha value is -2.35. The van der Waals surface area contributed by atoms with E-state index in [0.717, 1.165) is 24.2 Å². The highest BCUT2D eigenvalue weighted by atomic mass is 32.1. The standard InChI is InChI=1S/C15H18N4O3S/c1-20-11-7-13(22-3)12(21-2)6-10(11)8-16-19-14(9-4-5-9)17-18-15(19)23/h6-9H,4-5H2,1-3H3,(H,18,23)/b16-8-. The van der Waals surface area contributed by atoms with E-state index in [1.807, 2.05) is 6.07 Å². The van der Waals surface area contributed by atoms with E-state index >= 15 is 0 Å². The topological polar surface area (TPSA) is 73.7 Å². The number of rotatable bonds is 6. The molecular weight excluding hydrogens is 316 g/mol. The first kappa shape index (κ1) is 15.5. The van der Waals surface area contributed by atoms with Crippen molar-refractivity contribution in [3.05, 3.63) is 28.3 Å². The van der Waals surface area contributed by atoms with Gasteiger partial charge in [0.15, 0.2) is 17.3 Å². The van der Waals surface area contributed by atoms with Gasteiger partial charge in [-0.25, -0.2) is 0 Å². The SMILES string of the molecule is COc1cc(OC)c(OC)cc1/C=N\n1c(C2CC2)n[nH]c1=S. The molecule has 0 bridgehead atoms.